The first-order valence-electron chi connectivity index (χ1n) is 6.33. The van der Waals surface area contributed by atoms with E-state index in [-0.39, 0.29) is 18.2 Å². The van der Waals surface area contributed by atoms with Gasteiger partial charge in [-0.3, -0.25) is 5.41 Å². The second-order valence-electron chi connectivity index (χ2n) is 4.41. The molecule has 0 saturated carbocycles. The summed E-state index contributed by atoms with van der Waals surface area (Å²) in [6.45, 7) is 0.942. The minimum absolute atomic E-state index is 0. The van der Waals surface area contributed by atoms with Crippen molar-refractivity contribution >= 4 is 18.2 Å². The maximum Gasteiger partial charge on any atom is 0.123 e. The van der Waals surface area contributed by atoms with Crippen LogP contribution in [0.3, 0.4) is 0 Å². The van der Waals surface area contributed by atoms with Gasteiger partial charge in [0.2, 0.25) is 0 Å². The van der Waals surface area contributed by atoms with Crippen molar-refractivity contribution in [3.63, 3.8) is 0 Å². The minimum Gasteiger partial charge on any atom is -0.497 e. The molecule has 0 saturated heterocycles. The number of nitrogens with two attached hydrogens (primary N) is 1. The summed E-state index contributed by atoms with van der Waals surface area (Å²) in [5.74, 6) is 0.893. The van der Waals surface area contributed by atoms with Crippen molar-refractivity contribution in [1.29, 1.82) is 5.41 Å². The molecule has 21 heavy (non-hydrogen) atoms. The zero-order valence-corrected chi connectivity index (χ0v) is 12.7. The Labute approximate surface area is 130 Å². The van der Waals surface area contributed by atoms with Crippen molar-refractivity contribution in [2.75, 3.05) is 7.11 Å². The highest BCUT2D eigenvalue weighted by Crippen LogP contribution is 2.14. The average Bonchev–Trinajstić information content (AvgIpc) is 2.48. The van der Waals surface area contributed by atoms with E-state index in [9.17, 15) is 0 Å². The van der Waals surface area contributed by atoms with E-state index in [2.05, 4.69) is 0 Å². The predicted molar refractivity (Wildman–Crippen MR) is 86.2 cm³/mol. The molecule has 4 nitrogen and oxygen atoms in total. The summed E-state index contributed by atoms with van der Waals surface area (Å²) in [6, 6.07) is 15.3. The summed E-state index contributed by atoms with van der Waals surface area (Å²) >= 11 is 0. The van der Waals surface area contributed by atoms with Gasteiger partial charge in [-0.2, -0.15) is 0 Å². The predicted octanol–water partition coefficient (Wildman–Crippen LogP) is 3.12. The van der Waals surface area contributed by atoms with Gasteiger partial charge in [0.15, 0.2) is 0 Å². The van der Waals surface area contributed by atoms with Gasteiger partial charge in [0, 0.05) is 5.56 Å². The van der Waals surface area contributed by atoms with Crippen LogP contribution in [-0.4, -0.2) is 12.9 Å². The van der Waals surface area contributed by atoms with E-state index < -0.39 is 0 Å². The van der Waals surface area contributed by atoms with E-state index in [1.165, 1.54) is 0 Å². The van der Waals surface area contributed by atoms with Gasteiger partial charge < -0.3 is 15.2 Å². The third-order valence-electron chi connectivity index (χ3n) is 2.99. The molecule has 0 spiro atoms. The second kappa shape index (κ2) is 8.29. The summed E-state index contributed by atoms with van der Waals surface area (Å²) in [5, 5.41) is 7.53. The number of hydrogen-bond donors (Lipinski definition) is 2. The standard InChI is InChI=1S/C16H18N2O2.ClH/c1-19-14-8-6-12(7-9-14)10-20-11-13-4-2-3-5-15(13)16(17)18;/h2-9H,10-11H2,1H3,(H3,17,18);1H. The topological polar surface area (TPSA) is 68.3 Å². The van der Waals surface area contributed by atoms with Crippen molar-refractivity contribution < 1.29 is 9.47 Å². The van der Waals surface area contributed by atoms with E-state index in [1.807, 2.05) is 48.5 Å². The van der Waals surface area contributed by atoms with Crippen LogP contribution in [0, 0.1) is 5.41 Å². The fourth-order valence-corrected chi connectivity index (χ4v) is 1.91. The molecular formula is C16H19ClN2O2. The number of halogens is 1. The van der Waals surface area contributed by atoms with E-state index in [0.29, 0.717) is 13.2 Å². The SMILES string of the molecule is COc1ccc(COCc2ccccc2C(=N)N)cc1.Cl. The maximum absolute atomic E-state index is 7.53. The molecule has 2 aromatic rings. The van der Waals surface area contributed by atoms with Crippen LogP contribution < -0.4 is 10.5 Å². The first-order chi connectivity index (χ1) is 9.70. The fraction of sp³-hybridized carbons (Fsp3) is 0.188. The highest BCUT2D eigenvalue weighted by molar-refractivity contribution is 5.96. The smallest absolute Gasteiger partial charge is 0.123 e. The Morgan fingerprint density at radius 1 is 1.05 bits per heavy atom. The minimum atomic E-state index is 0. The highest BCUT2D eigenvalue weighted by atomic mass is 35.5. The number of hydrogen-bond acceptors (Lipinski definition) is 3. The van der Waals surface area contributed by atoms with Crippen molar-refractivity contribution in [3.05, 3.63) is 65.2 Å². The molecule has 0 fully saturated rings. The van der Waals surface area contributed by atoms with Crippen molar-refractivity contribution in [2.24, 2.45) is 5.73 Å². The Kier molecular flexibility index (Phi) is 6.72. The zero-order chi connectivity index (χ0) is 14.4. The fourth-order valence-electron chi connectivity index (χ4n) is 1.91. The zero-order valence-electron chi connectivity index (χ0n) is 11.8. The summed E-state index contributed by atoms with van der Waals surface area (Å²) in [5.41, 5.74) is 8.27. The first kappa shape index (κ1) is 17.0. The van der Waals surface area contributed by atoms with Gasteiger partial charge in [-0.1, -0.05) is 36.4 Å². The lowest BCUT2D eigenvalue weighted by Gasteiger charge is -2.09. The third-order valence-corrected chi connectivity index (χ3v) is 2.99. The molecule has 2 aromatic carbocycles. The molecule has 0 atom stereocenters. The van der Waals surface area contributed by atoms with Gasteiger partial charge in [-0.25, -0.2) is 0 Å². The van der Waals surface area contributed by atoms with Crippen molar-refractivity contribution in [1.82, 2.24) is 0 Å². The lowest BCUT2D eigenvalue weighted by atomic mass is 10.1. The van der Waals surface area contributed by atoms with E-state index >= 15 is 0 Å². The van der Waals surface area contributed by atoms with Crippen molar-refractivity contribution in [2.45, 2.75) is 13.2 Å². The lowest BCUT2D eigenvalue weighted by Crippen LogP contribution is -2.14. The van der Waals surface area contributed by atoms with Crippen LogP contribution in [0.15, 0.2) is 48.5 Å². The average molecular weight is 307 g/mol. The Morgan fingerprint density at radius 2 is 1.71 bits per heavy atom. The molecule has 0 aliphatic heterocycles. The van der Waals surface area contributed by atoms with E-state index in [1.54, 1.807) is 7.11 Å². The Hall–Kier alpha value is -2.04. The third kappa shape index (κ3) is 4.77. The number of amidine groups is 1. The molecule has 3 N–H and O–H groups in total. The molecule has 112 valence electrons. The number of methoxy groups -OCH3 is 1. The van der Waals surface area contributed by atoms with Gasteiger partial charge in [0.05, 0.1) is 20.3 Å². The van der Waals surface area contributed by atoms with Crippen LogP contribution in [0.4, 0.5) is 0 Å². The monoisotopic (exact) mass is 306 g/mol. The van der Waals surface area contributed by atoms with Gasteiger partial charge in [-0.15, -0.1) is 12.4 Å². The molecule has 0 amide bonds. The van der Waals surface area contributed by atoms with Gasteiger partial charge >= 0.3 is 0 Å². The van der Waals surface area contributed by atoms with Crippen LogP contribution in [0.2, 0.25) is 0 Å². The number of nitrogen functional groups attached to an aromatic ring is 1. The Bertz CT molecular complexity index is 585. The van der Waals surface area contributed by atoms with Crippen LogP contribution in [0.1, 0.15) is 16.7 Å². The summed E-state index contributed by atoms with van der Waals surface area (Å²) in [7, 11) is 1.64. The number of nitrogens with one attached hydrogen (secondary N) is 1. The molecule has 0 aromatic heterocycles. The van der Waals surface area contributed by atoms with Crippen LogP contribution in [0.25, 0.3) is 0 Å². The first-order valence-corrected chi connectivity index (χ1v) is 6.33. The molecule has 0 unspecified atom stereocenters. The van der Waals surface area contributed by atoms with Gasteiger partial charge in [0.1, 0.15) is 11.6 Å². The normalized spacial score (nSPS) is 9.76. The van der Waals surface area contributed by atoms with Gasteiger partial charge in [0.25, 0.3) is 0 Å². The number of rotatable bonds is 6. The largest absolute Gasteiger partial charge is 0.497 e. The molecule has 0 heterocycles. The van der Waals surface area contributed by atoms with E-state index in [0.717, 1.165) is 22.4 Å². The molecule has 0 radical (unpaired) electrons. The number of benzene rings is 2. The van der Waals surface area contributed by atoms with Crippen LogP contribution >= 0.6 is 12.4 Å². The van der Waals surface area contributed by atoms with Gasteiger partial charge in [-0.05, 0) is 23.3 Å². The Morgan fingerprint density at radius 3 is 2.33 bits per heavy atom. The molecule has 5 heteroatoms. The number of ether oxygens (including phenoxy) is 2. The molecule has 2 rings (SSSR count). The highest BCUT2D eigenvalue weighted by Gasteiger charge is 2.04. The summed E-state index contributed by atoms with van der Waals surface area (Å²) in [4.78, 5) is 0. The quantitative estimate of drug-likeness (QED) is 0.636. The molecular weight excluding hydrogens is 288 g/mol. The lowest BCUT2D eigenvalue weighted by molar-refractivity contribution is 0.107. The van der Waals surface area contributed by atoms with Crippen LogP contribution in [-0.2, 0) is 18.0 Å². The maximum atomic E-state index is 7.53. The van der Waals surface area contributed by atoms with Crippen molar-refractivity contribution in [3.8, 4) is 5.75 Å². The summed E-state index contributed by atoms with van der Waals surface area (Å²) in [6.07, 6.45) is 0. The molecule has 0 aliphatic rings. The Balaban J connectivity index is 0.00000220. The molecule has 0 bridgehead atoms. The second-order valence-corrected chi connectivity index (χ2v) is 4.41. The van der Waals surface area contributed by atoms with Crippen LogP contribution in [0.5, 0.6) is 5.75 Å². The molecule has 0 aliphatic carbocycles. The van der Waals surface area contributed by atoms with E-state index in [4.69, 9.17) is 20.6 Å². The summed E-state index contributed by atoms with van der Waals surface area (Å²) < 4.78 is 10.8.